The Morgan fingerprint density at radius 2 is 2.12 bits per heavy atom. The number of imidazole rings is 2. The average Bonchev–Trinajstić information content (AvgIpc) is 2.77. The number of para-hydroxylation sites is 2. The van der Waals surface area contributed by atoms with Crippen molar-refractivity contribution in [2.45, 2.75) is 6.42 Å². The van der Waals surface area contributed by atoms with Gasteiger partial charge < -0.3 is 4.98 Å². The lowest BCUT2D eigenvalue weighted by Gasteiger charge is -1.96. The van der Waals surface area contributed by atoms with E-state index in [0.717, 1.165) is 23.2 Å². The fourth-order valence-corrected chi connectivity index (χ4v) is 2.43. The largest absolute Gasteiger partial charge is 0.327 e. The van der Waals surface area contributed by atoms with E-state index in [1.165, 1.54) is 11.4 Å². The summed E-state index contributed by atoms with van der Waals surface area (Å²) in [6.07, 6.45) is 9.38. The van der Waals surface area contributed by atoms with Crippen LogP contribution in [0.5, 0.6) is 0 Å². The Labute approximate surface area is 98.1 Å². The molecule has 0 aliphatic heterocycles. The second kappa shape index (κ2) is 3.10. The first-order chi connectivity index (χ1) is 8.43. The molecule has 4 rings (SSSR count). The number of hydrogen-bond donors (Lipinski definition) is 1. The maximum atomic E-state index is 4.60. The van der Waals surface area contributed by atoms with E-state index in [2.05, 4.69) is 50.8 Å². The van der Waals surface area contributed by atoms with Gasteiger partial charge in [-0.2, -0.15) is 0 Å². The van der Waals surface area contributed by atoms with Crippen LogP contribution in [0.1, 0.15) is 11.4 Å². The molecule has 3 aromatic rings. The van der Waals surface area contributed by atoms with Crippen LogP contribution in [0.4, 0.5) is 0 Å². The van der Waals surface area contributed by atoms with Gasteiger partial charge in [0, 0.05) is 12.1 Å². The van der Waals surface area contributed by atoms with Crippen molar-refractivity contribution in [1.29, 1.82) is 0 Å². The van der Waals surface area contributed by atoms with Gasteiger partial charge in [0.1, 0.15) is 0 Å². The molecule has 0 saturated carbocycles. The molecule has 0 fully saturated rings. The number of aromatic nitrogens is 3. The van der Waals surface area contributed by atoms with Crippen molar-refractivity contribution in [2.75, 3.05) is 0 Å². The van der Waals surface area contributed by atoms with Crippen LogP contribution in [0.2, 0.25) is 0 Å². The summed E-state index contributed by atoms with van der Waals surface area (Å²) in [7, 11) is 0. The van der Waals surface area contributed by atoms with Gasteiger partial charge in [0.25, 0.3) is 0 Å². The van der Waals surface area contributed by atoms with Crippen LogP contribution >= 0.6 is 0 Å². The molecule has 2 heterocycles. The standard InChI is InChI=1S/C14H11N3/c1-2-6-10-12(8-3-1)17-13-9-5-4-7-11(13)16-14(17)15-10/h1-5,7-9H,6H2,(H,15,16). The van der Waals surface area contributed by atoms with E-state index in [9.17, 15) is 0 Å². The number of fused-ring (bicyclic) bond motifs is 5. The molecule has 0 spiro atoms. The SMILES string of the molecule is C1=CCc2[nH]c3nc4ccccc4n3c2C=C1. The molecule has 17 heavy (non-hydrogen) atoms. The Morgan fingerprint density at radius 1 is 1.18 bits per heavy atom. The third kappa shape index (κ3) is 1.13. The van der Waals surface area contributed by atoms with Crippen molar-refractivity contribution in [1.82, 2.24) is 14.4 Å². The number of nitrogens with one attached hydrogen (secondary N) is 1. The van der Waals surface area contributed by atoms with Crippen LogP contribution in [0.15, 0.2) is 42.5 Å². The summed E-state index contributed by atoms with van der Waals surface area (Å²) in [5.41, 5.74) is 4.63. The van der Waals surface area contributed by atoms with Crippen molar-refractivity contribution in [3.63, 3.8) is 0 Å². The first kappa shape index (κ1) is 8.82. The fourth-order valence-electron chi connectivity index (χ4n) is 2.43. The number of allylic oxidation sites excluding steroid dienone is 3. The average molecular weight is 221 g/mol. The maximum absolute atomic E-state index is 4.60. The second-order valence-corrected chi connectivity index (χ2v) is 4.24. The number of hydrogen-bond acceptors (Lipinski definition) is 1. The Bertz CT molecular complexity index is 771. The first-order valence-corrected chi connectivity index (χ1v) is 5.75. The Hall–Kier alpha value is -2.29. The molecule has 1 aliphatic carbocycles. The van der Waals surface area contributed by atoms with Crippen LogP contribution in [-0.2, 0) is 6.42 Å². The summed E-state index contributed by atoms with van der Waals surface area (Å²) in [5.74, 6) is 0.927. The lowest BCUT2D eigenvalue weighted by atomic mass is 10.2. The van der Waals surface area contributed by atoms with E-state index in [1.807, 2.05) is 12.1 Å². The monoisotopic (exact) mass is 221 g/mol. The predicted octanol–water partition coefficient (Wildman–Crippen LogP) is 2.94. The van der Waals surface area contributed by atoms with Gasteiger partial charge in [-0.25, -0.2) is 4.98 Å². The van der Waals surface area contributed by atoms with Gasteiger partial charge in [-0.3, -0.25) is 4.40 Å². The summed E-state index contributed by atoms with van der Waals surface area (Å²) >= 11 is 0. The van der Waals surface area contributed by atoms with Gasteiger partial charge in [0.15, 0.2) is 0 Å². The second-order valence-electron chi connectivity index (χ2n) is 4.24. The van der Waals surface area contributed by atoms with Crippen molar-refractivity contribution < 1.29 is 0 Å². The molecule has 1 aromatic carbocycles. The minimum Gasteiger partial charge on any atom is -0.327 e. The lowest BCUT2D eigenvalue weighted by Crippen LogP contribution is -1.88. The minimum atomic E-state index is 0.927. The van der Waals surface area contributed by atoms with Gasteiger partial charge in [-0.15, -0.1) is 0 Å². The first-order valence-electron chi connectivity index (χ1n) is 5.75. The zero-order valence-electron chi connectivity index (χ0n) is 9.22. The molecule has 1 N–H and O–H groups in total. The lowest BCUT2D eigenvalue weighted by molar-refractivity contribution is 1.15. The van der Waals surface area contributed by atoms with Crippen molar-refractivity contribution in [3.8, 4) is 0 Å². The molecule has 0 saturated heterocycles. The van der Waals surface area contributed by atoms with Crippen LogP contribution in [0.25, 0.3) is 22.9 Å². The van der Waals surface area contributed by atoms with Gasteiger partial charge in [0.2, 0.25) is 5.78 Å². The quantitative estimate of drug-likeness (QED) is 0.622. The summed E-state index contributed by atoms with van der Waals surface area (Å²) in [6, 6.07) is 8.22. The molecule has 0 atom stereocenters. The van der Waals surface area contributed by atoms with Gasteiger partial charge in [0.05, 0.1) is 16.7 Å². The molecular formula is C14H11N3. The number of aromatic amines is 1. The summed E-state index contributed by atoms with van der Waals surface area (Å²) in [4.78, 5) is 8.00. The van der Waals surface area contributed by atoms with Crippen LogP contribution in [0, 0.1) is 0 Å². The Balaban J connectivity index is 2.19. The van der Waals surface area contributed by atoms with Crippen molar-refractivity contribution in [3.05, 3.63) is 53.9 Å². The van der Waals surface area contributed by atoms with Crippen molar-refractivity contribution >= 4 is 22.9 Å². The van der Waals surface area contributed by atoms with Gasteiger partial charge in [-0.1, -0.05) is 30.4 Å². The zero-order chi connectivity index (χ0) is 11.2. The van der Waals surface area contributed by atoms with Crippen LogP contribution < -0.4 is 0 Å². The molecule has 0 amide bonds. The fraction of sp³-hybridized carbons (Fsp3) is 0.0714. The smallest absolute Gasteiger partial charge is 0.213 e. The summed E-state index contributed by atoms with van der Waals surface area (Å²) in [5, 5.41) is 0. The van der Waals surface area contributed by atoms with E-state index in [1.54, 1.807) is 0 Å². The Kier molecular flexibility index (Phi) is 1.61. The zero-order valence-corrected chi connectivity index (χ0v) is 9.22. The molecule has 82 valence electrons. The minimum absolute atomic E-state index is 0.927. The highest BCUT2D eigenvalue weighted by molar-refractivity contribution is 5.81. The number of benzene rings is 1. The highest BCUT2D eigenvalue weighted by atomic mass is 15.1. The van der Waals surface area contributed by atoms with Crippen molar-refractivity contribution in [2.24, 2.45) is 0 Å². The van der Waals surface area contributed by atoms with E-state index in [-0.39, 0.29) is 0 Å². The highest BCUT2D eigenvalue weighted by Gasteiger charge is 2.13. The van der Waals surface area contributed by atoms with Crippen LogP contribution in [-0.4, -0.2) is 14.4 Å². The predicted molar refractivity (Wildman–Crippen MR) is 68.9 cm³/mol. The third-order valence-electron chi connectivity index (χ3n) is 3.20. The molecular weight excluding hydrogens is 210 g/mol. The summed E-state index contributed by atoms with van der Waals surface area (Å²) in [6.45, 7) is 0. The van der Waals surface area contributed by atoms with E-state index >= 15 is 0 Å². The van der Waals surface area contributed by atoms with Crippen LogP contribution in [0.3, 0.4) is 0 Å². The Morgan fingerprint density at radius 3 is 3.12 bits per heavy atom. The molecule has 3 heteroatoms. The molecule has 2 aromatic heterocycles. The van der Waals surface area contributed by atoms with Gasteiger partial charge in [-0.05, 0) is 18.2 Å². The van der Waals surface area contributed by atoms with Gasteiger partial charge >= 0.3 is 0 Å². The molecule has 0 radical (unpaired) electrons. The number of rotatable bonds is 0. The molecule has 0 bridgehead atoms. The molecule has 1 aliphatic rings. The van der Waals surface area contributed by atoms with E-state index in [4.69, 9.17) is 0 Å². The molecule has 3 nitrogen and oxygen atoms in total. The van der Waals surface area contributed by atoms with E-state index in [0.29, 0.717) is 0 Å². The number of H-pyrrole nitrogens is 1. The normalized spacial score (nSPS) is 14.4. The summed E-state index contributed by atoms with van der Waals surface area (Å²) < 4.78 is 2.19. The van der Waals surface area contributed by atoms with E-state index < -0.39 is 0 Å². The number of nitrogens with zero attached hydrogens (tertiary/aromatic N) is 2. The third-order valence-corrected chi connectivity index (χ3v) is 3.20. The highest BCUT2D eigenvalue weighted by Crippen LogP contribution is 2.23. The topological polar surface area (TPSA) is 33.1 Å². The maximum Gasteiger partial charge on any atom is 0.213 e. The molecule has 0 unspecified atom stereocenters.